The number of nitriles is 1. The SMILES string of the molecule is C[n+]1[nH]oc(=O)c1-c1c(C#N)c(N)nc2sc(C([O-])=Nc3ccccc3Cl)c(N)c12. The number of hydrogen-bond donors (Lipinski definition) is 3. The molecule has 4 rings (SSSR count). The lowest BCUT2D eigenvalue weighted by Crippen LogP contribution is -2.34. The van der Waals surface area contributed by atoms with E-state index < -0.39 is 11.5 Å². The molecular weight excluding hydrogens is 430 g/mol. The second kappa shape index (κ2) is 7.18. The molecule has 0 aliphatic heterocycles. The van der Waals surface area contributed by atoms with Crippen LogP contribution in [0.15, 0.2) is 38.6 Å². The highest BCUT2D eigenvalue weighted by Crippen LogP contribution is 2.41. The zero-order valence-corrected chi connectivity index (χ0v) is 16.8. The number of nitrogens with two attached hydrogens (primary N) is 2. The maximum Gasteiger partial charge on any atom is 0.435 e. The van der Waals surface area contributed by atoms with Crippen LogP contribution in [0.2, 0.25) is 5.02 Å². The molecule has 0 aliphatic rings. The van der Waals surface area contributed by atoms with Gasteiger partial charge in [-0.2, -0.15) is 5.26 Å². The van der Waals surface area contributed by atoms with E-state index in [4.69, 9.17) is 27.6 Å². The monoisotopic (exact) mass is 441 g/mol. The highest BCUT2D eigenvalue weighted by Gasteiger charge is 2.31. The van der Waals surface area contributed by atoms with Gasteiger partial charge in [-0.25, -0.2) is 9.78 Å². The van der Waals surface area contributed by atoms with Gasteiger partial charge in [-0.15, -0.1) is 11.3 Å². The Morgan fingerprint density at radius 2 is 2.17 bits per heavy atom. The molecule has 10 nitrogen and oxygen atoms in total. The van der Waals surface area contributed by atoms with Crippen LogP contribution in [0.1, 0.15) is 10.4 Å². The molecule has 12 heteroatoms. The number of aliphatic imine (C=N–C) groups is 1. The Labute approximate surface area is 177 Å². The van der Waals surface area contributed by atoms with Crippen molar-refractivity contribution in [1.82, 2.24) is 10.3 Å². The second-order valence-corrected chi connectivity index (χ2v) is 7.55. The molecule has 30 heavy (non-hydrogen) atoms. The van der Waals surface area contributed by atoms with Gasteiger partial charge in [-0.3, -0.25) is 9.52 Å². The van der Waals surface area contributed by atoms with Crippen LogP contribution in [0.5, 0.6) is 0 Å². The fourth-order valence-corrected chi connectivity index (χ4v) is 4.17. The van der Waals surface area contributed by atoms with Gasteiger partial charge in [0.1, 0.15) is 22.3 Å². The average molecular weight is 442 g/mol. The lowest BCUT2D eigenvalue weighted by atomic mass is 10.0. The number of nitrogens with zero attached hydrogens (tertiary/aromatic N) is 4. The van der Waals surface area contributed by atoms with E-state index in [2.05, 4.69) is 15.2 Å². The molecule has 3 aromatic heterocycles. The minimum absolute atomic E-state index is 0.0113. The first-order valence-electron chi connectivity index (χ1n) is 8.33. The van der Waals surface area contributed by atoms with Gasteiger partial charge in [-0.05, 0) is 17.4 Å². The van der Waals surface area contributed by atoms with E-state index in [1.807, 2.05) is 6.07 Å². The lowest BCUT2D eigenvalue weighted by molar-refractivity contribution is -0.730. The number of fused-ring (bicyclic) bond motifs is 1. The minimum Gasteiger partial charge on any atom is -0.858 e. The van der Waals surface area contributed by atoms with Gasteiger partial charge in [0, 0.05) is 5.90 Å². The molecular formula is C18H12ClN7O3S. The zero-order valence-electron chi connectivity index (χ0n) is 15.3. The molecule has 0 radical (unpaired) electrons. The fraction of sp³-hybridized carbons (Fsp3) is 0.0556. The van der Waals surface area contributed by atoms with Gasteiger partial charge in [0.05, 0.1) is 32.2 Å². The molecule has 150 valence electrons. The number of aromatic amines is 1. The van der Waals surface area contributed by atoms with Crippen LogP contribution in [0.3, 0.4) is 0 Å². The summed E-state index contributed by atoms with van der Waals surface area (Å²) in [7, 11) is 1.52. The van der Waals surface area contributed by atoms with E-state index >= 15 is 0 Å². The molecule has 0 atom stereocenters. The van der Waals surface area contributed by atoms with E-state index in [0.717, 1.165) is 11.3 Å². The summed E-state index contributed by atoms with van der Waals surface area (Å²) in [6, 6.07) is 8.54. The zero-order chi connectivity index (χ0) is 21.6. The molecule has 0 bridgehead atoms. The van der Waals surface area contributed by atoms with Gasteiger partial charge < -0.3 is 16.6 Å². The van der Waals surface area contributed by atoms with Gasteiger partial charge in [-0.1, -0.05) is 28.4 Å². The second-order valence-electron chi connectivity index (χ2n) is 6.14. The number of anilines is 2. The number of H-pyrrole nitrogens is 1. The summed E-state index contributed by atoms with van der Waals surface area (Å²) < 4.78 is 6.08. The summed E-state index contributed by atoms with van der Waals surface area (Å²) in [5.74, 6) is -0.749. The van der Waals surface area contributed by atoms with E-state index in [-0.39, 0.29) is 49.1 Å². The van der Waals surface area contributed by atoms with Crippen molar-refractivity contribution < 1.29 is 14.3 Å². The average Bonchev–Trinajstić information content (AvgIpc) is 3.21. The van der Waals surface area contributed by atoms with Crippen molar-refractivity contribution in [1.29, 1.82) is 5.26 Å². The number of nitrogen functional groups attached to an aromatic ring is 2. The molecule has 0 saturated heterocycles. The predicted molar refractivity (Wildman–Crippen MR) is 110 cm³/mol. The Bertz CT molecular complexity index is 1440. The van der Waals surface area contributed by atoms with Crippen LogP contribution < -0.4 is 26.9 Å². The Kier molecular flexibility index (Phi) is 4.65. The van der Waals surface area contributed by atoms with Crippen molar-refractivity contribution >= 4 is 56.2 Å². The smallest absolute Gasteiger partial charge is 0.435 e. The van der Waals surface area contributed by atoms with Gasteiger partial charge in [0.2, 0.25) is 0 Å². The molecule has 0 fully saturated rings. The Morgan fingerprint density at radius 3 is 2.80 bits per heavy atom. The van der Waals surface area contributed by atoms with E-state index in [1.54, 1.807) is 24.3 Å². The minimum atomic E-state index is -0.736. The Hall–Kier alpha value is -3.88. The standard InChI is InChI=1S/C18H12ClN7O3S/c1-26-13(18(28)29-25-26)10-7(6-20)15(22)24-17-11(10)12(21)14(30-17)16(27)23-9-5-3-2-4-8(9)19/h2-5H,1H3,(H5-,21,22,23,24,25,27,28). The van der Waals surface area contributed by atoms with Gasteiger partial charge in [0.15, 0.2) is 7.05 Å². The number of halogens is 1. The number of thiophene rings is 1. The predicted octanol–water partition coefficient (Wildman–Crippen LogP) is 1.20. The third kappa shape index (κ3) is 2.95. The van der Waals surface area contributed by atoms with Crippen LogP contribution in [0.4, 0.5) is 17.2 Å². The number of para-hydroxylation sites is 1. The third-order valence-corrected chi connectivity index (χ3v) is 5.73. The van der Waals surface area contributed by atoms with Crippen LogP contribution >= 0.6 is 22.9 Å². The van der Waals surface area contributed by atoms with Crippen LogP contribution in [-0.4, -0.2) is 16.2 Å². The van der Waals surface area contributed by atoms with Crippen LogP contribution in [0.25, 0.3) is 21.5 Å². The van der Waals surface area contributed by atoms with Crippen molar-refractivity contribution in [2.75, 3.05) is 11.5 Å². The summed E-state index contributed by atoms with van der Waals surface area (Å²) in [5, 5.41) is 25.4. The first kappa shape index (κ1) is 19.4. The van der Waals surface area contributed by atoms with Crippen molar-refractivity contribution in [3.05, 3.63) is 50.1 Å². The molecule has 0 saturated carbocycles. The summed E-state index contributed by atoms with van der Waals surface area (Å²) in [6.45, 7) is 0. The molecule has 5 N–H and O–H groups in total. The first-order valence-corrected chi connectivity index (χ1v) is 9.53. The number of rotatable bonds is 3. The van der Waals surface area contributed by atoms with Gasteiger partial charge in [0.25, 0.3) is 0 Å². The summed E-state index contributed by atoms with van der Waals surface area (Å²) >= 11 is 7.02. The van der Waals surface area contributed by atoms with Crippen LogP contribution in [0, 0.1) is 11.3 Å². The molecule has 1 aromatic carbocycles. The quantitative estimate of drug-likeness (QED) is 0.243. The largest absolute Gasteiger partial charge is 0.858 e. The molecule has 0 unspecified atom stereocenters. The lowest BCUT2D eigenvalue weighted by Gasteiger charge is -2.10. The fourth-order valence-electron chi connectivity index (χ4n) is 2.99. The van der Waals surface area contributed by atoms with Crippen LogP contribution in [-0.2, 0) is 7.05 Å². The number of aromatic nitrogens is 3. The molecule has 4 aromatic rings. The Balaban J connectivity index is 2.05. The first-order chi connectivity index (χ1) is 14.3. The van der Waals surface area contributed by atoms with Crippen molar-refractivity contribution in [2.24, 2.45) is 12.0 Å². The van der Waals surface area contributed by atoms with E-state index in [1.165, 1.54) is 11.7 Å². The number of pyridine rings is 1. The number of nitrogens with one attached hydrogen (secondary N) is 1. The number of aryl methyl sites for hydroxylation is 1. The van der Waals surface area contributed by atoms with E-state index in [0.29, 0.717) is 5.02 Å². The summed E-state index contributed by atoms with van der Waals surface area (Å²) in [4.78, 5) is 20.8. The summed E-state index contributed by atoms with van der Waals surface area (Å²) in [5.41, 5.74) is 11.9. The number of benzene rings is 1. The van der Waals surface area contributed by atoms with Crippen molar-refractivity contribution in [3.8, 4) is 17.3 Å². The molecule has 0 spiro atoms. The summed E-state index contributed by atoms with van der Waals surface area (Å²) in [6.07, 6.45) is 0. The molecule has 0 amide bonds. The molecule has 3 heterocycles. The normalized spacial score (nSPS) is 11.7. The third-order valence-electron chi connectivity index (χ3n) is 4.33. The maximum atomic E-state index is 12.8. The highest BCUT2D eigenvalue weighted by molar-refractivity contribution is 7.21. The Morgan fingerprint density at radius 1 is 1.43 bits per heavy atom. The highest BCUT2D eigenvalue weighted by atomic mass is 35.5. The molecule has 0 aliphatic carbocycles. The van der Waals surface area contributed by atoms with E-state index in [9.17, 15) is 15.2 Å². The topological polar surface area (TPSA) is 174 Å². The maximum absolute atomic E-state index is 12.8. The van der Waals surface area contributed by atoms with Crippen molar-refractivity contribution in [2.45, 2.75) is 0 Å². The van der Waals surface area contributed by atoms with Crippen molar-refractivity contribution in [3.63, 3.8) is 0 Å². The van der Waals surface area contributed by atoms with Gasteiger partial charge >= 0.3 is 11.3 Å². The number of hydrogen-bond acceptors (Lipinski definition) is 9.